The van der Waals surface area contributed by atoms with Crippen LogP contribution in [0.15, 0.2) is 36.2 Å². The fourth-order valence-corrected chi connectivity index (χ4v) is 4.03. The Hall–Kier alpha value is -1.86. The minimum absolute atomic E-state index is 0.0474. The normalized spacial score (nSPS) is 17.5. The third-order valence-corrected chi connectivity index (χ3v) is 5.30. The summed E-state index contributed by atoms with van der Waals surface area (Å²) in [6.07, 6.45) is 7.90. The molecule has 0 aliphatic carbocycles. The molecule has 0 unspecified atom stereocenters. The van der Waals surface area contributed by atoms with E-state index >= 15 is 0 Å². The summed E-state index contributed by atoms with van der Waals surface area (Å²) in [6.45, 7) is 5.58. The van der Waals surface area contributed by atoms with E-state index in [1.165, 1.54) is 17.7 Å². The van der Waals surface area contributed by atoms with Crippen molar-refractivity contribution in [2.24, 2.45) is 0 Å². The Morgan fingerprint density at radius 3 is 2.92 bits per heavy atom. The number of nitrogens with one attached hydrogen (secondary N) is 2. The number of nitrogens with zero attached hydrogens (tertiary/aromatic N) is 3. The smallest absolute Gasteiger partial charge is 0.315 e. The van der Waals surface area contributed by atoms with Crippen LogP contribution in [0.3, 0.4) is 0 Å². The van der Waals surface area contributed by atoms with Gasteiger partial charge in [-0.1, -0.05) is 6.07 Å². The van der Waals surface area contributed by atoms with Gasteiger partial charge in [0, 0.05) is 36.4 Å². The summed E-state index contributed by atoms with van der Waals surface area (Å²) in [4.78, 5) is 20.0. The van der Waals surface area contributed by atoms with Gasteiger partial charge in [0.15, 0.2) is 0 Å². The molecule has 1 saturated heterocycles. The third kappa shape index (κ3) is 4.58. The molecule has 2 N–H and O–H groups in total. The van der Waals surface area contributed by atoms with E-state index < -0.39 is 0 Å². The molecule has 1 aliphatic heterocycles. The number of aromatic nitrogens is 2. The van der Waals surface area contributed by atoms with Gasteiger partial charge in [0.05, 0.1) is 12.4 Å². The van der Waals surface area contributed by atoms with Crippen LogP contribution >= 0.6 is 11.3 Å². The molecule has 130 valence electrons. The van der Waals surface area contributed by atoms with E-state index in [4.69, 9.17) is 0 Å². The van der Waals surface area contributed by atoms with Crippen molar-refractivity contribution >= 4 is 17.4 Å². The molecule has 1 aliphatic rings. The van der Waals surface area contributed by atoms with Crippen molar-refractivity contribution < 1.29 is 4.79 Å². The number of hydrogen-bond donors (Lipinski definition) is 2. The maximum Gasteiger partial charge on any atom is 0.315 e. The minimum Gasteiger partial charge on any atom is -0.336 e. The van der Waals surface area contributed by atoms with Crippen LogP contribution < -0.4 is 10.6 Å². The van der Waals surface area contributed by atoms with E-state index in [0.717, 1.165) is 13.1 Å². The molecule has 2 aromatic rings. The van der Waals surface area contributed by atoms with Gasteiger partial charge in [-0.05, 0) is 44.3 Å². The first-order chi connectivity index (χ1) is 11.7. The highest BCUT2D eigenvalue weighted by Crippen LogP contribution is 2.27. The molecule has 0 bridgehead atoms. The Kier molecular flexibility index (Phi) is 5.87. The highest BCUT2D eigenvalue weighted by atomic mass is 32.1. The van der Waals surface area contributed by atoms with E-state index in [-0.39, 0.29) is 18.1 Å². The maximum atomic E-state index is 12.2. The molecule has 0 aromatic carbocycles. The van der Waals surface area contributed by atoms with Gasteiger partial charge in [-0.25, -0.2) is 9.78 Å². The first-order valence-corrected chi connectivity index (χ1v) is 9.38. The Bertz CT molecular complexity index is 607. The number of likely N-dealkylation sites (tertiary alicyclic amines) is 1. The molecular weight excluding hydrogens is 322 g/mol. The molecule has 7 heteroatoms. The van der Waals surface area contributed by atoms with Crippen LogP contribution in [0.5, 0.6) is 0 Å². The summed E-state index contributed by atoms with van der Waals surface area (Å²) in [7, 11) is 0. The Balaban J connectivity index is 1.49. The molecular formula is C17H25N5OS. The SMILES string of the molecule is C[C@@H](Cn1ccnc1)NC(=O)NC[C@H](c1cccs1)N1CCCC1. The first kappa shape index (κ1) is 17.0. The lowest BCUT2D eigenvalue weighted by atomic mass is 10.2. The van der Waals surface area contributed by atoms with Crippen molar-refractivity contribution in [3.8, 4) is 0 Å². The Labute approximate surface area is 146 Å². The molecule has 2 aromatic heterocycles. The molecule has 24 heavy (non-hydrogen) atoms. The predicted octanol–water partition coefficient (Wildman–Crippen LogP) is 2.47. The topological polar surface area (TPSA) is 62.2 Å². The lowest BCUT2D eigenvalue weighted by molar-refractivity contribution is 0.219. The average Bonchev–Trinajstić information content (AvgIpc) is 3.31. The Morgan fingerprint density at radius 2 is 2.25 bits per heavy atom. The number of carbonyl (C=O) groups is 1. The van der Waals surface area contributed by atoms with Gasteiger partial charge in [0.1, 0.15) is 0 Å². The predicted molar refractivity (Wildman–Crippen MR) is 96.1 cm³/mol. The second-order valence-electron chi connectivity index (χ2n) is 6.29. The number of rotatable bonds is 7. The van der Waals surface area contributed by atoms with Crippen LogP contribution in [-0.4, -0.2) is 46.2 Å². The van der Waals surface area contributed by atoms with E-state index in [0.29, 0.717) is 13.1 Å². The van der Waals surface area contributed by atoms with Crippen LogP contribution in [0.1, 0.15) is 30.7 Å². The molecule has 2 amide bonds. The largest absolute Gasteiger partial charge is 0.336 e. The van der Waals surface area contributed by atoms with Crippen LogP contribution in [0.2, 0.25) is 0 Å². The van der Waals surface area contributed by atoms with E-state index in [1.54, 1.807) is 23.9 Å². The number of amides is 2. The second-order valence-corrected chi connectivity index (χ2v) is 7.27. The fraction of sp³-hybridized carbons (Fsp3) is 0.529. The maximum absolute atomic E-state index is 12.2. The van der Waals surface area contributed by atoms with Crippen molar-refractivity contribution in [1.82, 2.24) is 25.1 Å². The molecule has 0 saturated carbocycles. The van der Waals surface area contributed by atoms with Gasteiger partial charge in [0.25, 0.3) is 0 Å². The van der Waals surface area contributed by atoms with Gasteiger partial charge >= 0.3 is 6.03 Å². The van der Waals surface area contributed by atoms with E-state index in [9.17, 15) is 4.79 Å². The summed E-state index contributed by atoms with van der Waals surface area (Å²) in [5, 5.41) is 8.15. The quantitative estimate of drug-likeness (QED) is 0.809. The zero-order valence-electron chi connectivity index (χ0n) is 14.0. The van der Waals surface area contributed by atoms with Crippen LogP contribution in [-0.2, 0) is 6.54 Å². The van der Waals surface area contributed by atoms with E-state index in [1.807, 2.05) is 17.7 Å². The number of thiophene rings is 1. The van der Waals surface area contributed by atoms with Crippen molar-refractivity contribution in [2.75, 3.05) is 19.6 Å². The second kappa shape index (κ2) is 8.30. The molecule has 0 radical (unpaired) electrons. The van der Waals surface area contributed by atoms with Crippen LogP contribution in [0, 0.1) is 0 Å². The Morgan fingerprint density at radius 1 is 1.42 bits per heavy atom. The van der Waals surface area contributed by atoms with Gasteiger partial charge < -0.3 is 15.2 Å². The zero-order chi connectivity index (χ0) is 16.8. The first-order valence-electron chi connectivity index (χ1n) is 8.50. The summed E-state index contributed by atoms with van der Waals surface area (Å²) < 4.78 is 1.96. The third-order valence-electron chi connectivity index (χ3n) is 4.33. The van der Waals surface area contributed by atoms with Crippen molar-refractivity contribution in [2.45, 2.75) is 38.4 Å². The molecule has 3 heterocycles. The minimum atomic E-state index is -0.108. The van der Waals surface area contributed by atoms with Crippen LogP contribution in [0.4, 0.5) is 4.79 Å². The van der Waals surface area contributed by atoms with Crippen molar-refractivity contribution in [1.29, 1.82) is 0 Å². The van der Waals surface area contributed by atoms with Gasteiger partial charge in [0.2, 0.25) is 0 Å². The number of hydrogen-bond acceptors (Lipinski definition) is 4. The molecule has 3 rings (SSSR count). The highest BCUT2D eigenvalue weighted by molar-refractivity contribution is 7.10. The molecule has 6 nitrogen and oxygen atoms in total. The van der Waals surface area contributed by atoms with Gasteiger partial charge in [-0.3, -0.25) is 4.90 Å². The standard InChI is InChI=1S/C17H25N5OS/c1-14(12-21-9-6-18-13-21)20-17(23)19-11-15(16-5-4-10-24-16)22-7-2-3-8-22/h4-6,9-10,13-15H,2-3,7-8,11-12H2,1H3,(H2,19,20,23)/t14-,15+/m0/s1. The summed E-state index contributed by atoms with van der Waals surface area (Å²) >= 11 is 1.76. The lowest BCUT2D eigenvalue weighted by Crippen LogP contribution is -2.45. The monoisotopic (exact) mass is 347 g/mol. The lowest BCUT2D eigenvalue weighted by Gasteiger charge is -2.27. The molecule has 0 spiro atoms. The van der Waals surface area contributed by atoms with Gasteiger partial charge in [-0.2, -0.15) is 0 Å². The van der Waals surface area contributed by atoms with E-state index in [2.05, 4.69) is 38.0 Å². The molecule has 2 atom stereocenters. The van der Waals surface area contributed by atoms with Crippen molar-refractivity contribution in [3.05, 3.63) is 41.1 Å². The molecule has 1 fully saturated rings. The number of imidazole rings is 1. The number of urea groups is 1. The van der Waals surface area contributed by atoms with Crippen molar-refractivity contribution in [3.63, 3.8) is 0 Å². The number of carbonyl (C=O) groups excluding carboxylic acids is 1. The summed E-state index contributed by atoms with van der Waals surface area (Å²) in [6, 6.07) is 4.46. The van der Waals surface area contributed by atoms with Gasteiger partial charge in [-0.15, -0.1) is 11.3 Å². The summed E-state index contributed by atoms with van der Waals surface area (Å²) in [5.41, 5.74) is 0. The summed E-state index contributed by atoms with van der Waals surface area (Å²) in [5.74, 6) is 0. The van der Waals surface area contributed by atoms with Crippen LogP contribution in [0.25, 0.3) is 0 Å². The average molecular weight is 347 g/mol. The fourth-order valence-electron chi connectivity index (χ4n) is 3.16. The zero-order valence-corrected chi connectivity index (χ0v) is 14.8. The highest BCUT2D eigenvalue weighted by Gasteiger charge is 2.24.